The molecular formula is C14H15BrN4O3S2. The molecule has 1 amide bonds. The average Bonchev–Trinajstić information content (AvgIpc) is 3.19. The maximum absolute atomic E-state index is 12.6. The summed E-state index contributed by atoms with van der Waals surface area (Å²) in [5, 5.41) is 11.4. The Kier molecular flexibility index (Phi) is 5.00. The van der Waals surface area contributed by atoms with Crippen LogP contribution < -0.4 is 5.32 Å². The topological polar surface area (TPSA) is 92.3 Å². The van der Waals surface area contributed by atoms with E-state index in [9.17, 15) is 13.2 Å². The molecule has 0 aliphatic carbocycles. The summed E-state index contributed by atoms with van der Waals surface area (Å²) in [7, 11) is -3.57. The zero-order valence-corrected chi connectivity index (χ0v) is 16.0. The van der Waals surface area contributed by atoms with Crippen molar-refractivity contribution in [2.24, 2.45) is 0 Å². The van der Waals surface area contributed by atoms with Crippen LogP contribution in [0.2, 0.25) is 0 Å². The number of amides is 1. The first-order chi connectivity index (χ1) is 11.4. The largest absolute Gasteiger partial charge is 0.296 e. The van der Waals surface area contributed by atoms with Crippen LogP contribution in [0.15, 0.2) is 27.6 Å². The van der Waals surface area contributed by atoms with Gasteiger partial charge in [-0.3, -0.25) is 10.1 Å². The van der Waals surface area contributed by atoms with Crippen LogP contribution in [0, 0.1) is 6.92 Å². The number of carbonyl (C=O) groups excluding carboxylic acids is 1. The first kappa shape index (κ1) is 17.5. The number of aromatic nitrogens is 2. The molecule has 1 aromatic carbocycles. The third kappa shape index (κ3) is 3.51. The van der Waals surface area contributed by atoms with Gasteiger partial charge in [0.05, 0.1) is 10.5 Å². The minimum absolute atomic E-state index is 0.117. The van der Waals surface area contributed by atoms with E-state index in [-0.39, 0.29) is 10.5 Å². The van der Waals surface area contributed by atoms with Gasteiger partial charge in [-0.05, 0) is 53.9 Å². The molecule has 0 saturated carbocycles. The Morgan fingerprint density at radius 3 is 2.62 bits per heavy atom. The number of nitrogens with zero attached hydrogens (tertiary/aromatic N) is 3. The van der Waals surface area contributed by atoms with Crippen molar-refractivity contribution in [1.29, 1.82) is 0 Å². The summed E-state index contributed by atoms with van der Waals surface area (Å²) < 4.78 is 27.2. The molecule has 1 aliphatic rings. The fourth-order valence-electron chi connectivity index (χ4n) is 2.43. The van der Waals surface area contributed by atoms with E-state index in [0.717, 1.165) is 17.8 Å². The lowest BCUT2D eigenvalue weighted by Crippen LogP contribution is -2.28. The van der Waals surface area contributed by atoms with E-state index >= 15 is 0 Å². The molecule has 0 spiro atoms. The zero-order chi connectivity index (χ0) is 17.3. The van der Waals surface area contributed by atoms with Crippen LogP contribution in [0.25, 0.3) is 0 Å². The average molecular weight is 431 g/mol. The lowest BCUT2D eigenvalue weighted by molar-refractivity contribution is 0.102. The fraction of sp³-hybridized carbons (Fsp3) is 0.357. The molecule has 3 rings (SSSR count). The summed E-state index contributed by atoms with van der Waals surface area (Å²) in [5.41, 5.74) is 0.239. The van der Waals surface area contributed by atoms with E-state index in [2.05, 4.69) is 31.4 Å². The summed E-state index contributed by atoms with van der Waals surface area (Å²) >= 11 is 4.55. The summed E-state index contributed by atoms with van der Waals surface area (Å²) in [5.74, 6) is -0.434. The number of nitrogens with one attached hydrogen (secondary N) is 1. The van der Waals surface area contributed by atoms with Crippen molar-refractivity contribution in [2.75, 3.05) is 18.4 Å². The Labute approximate surface area is 152 Å². The minimum Gasteiger partial charge on any atom is -0.296 e. The van der Waals surface area contributed by atoms with E-state index in [4.69, 9.17) is 0 Å². The number of hydrogen-bond acceptors (Lipinski definition) is 6. The maximum atomic E-state index is 12.6. The Bertz CT molecular complexity index is 876. The molecule has 0 bridgehead atoms. The molecule has 1 fully saturated rings. The zero-order valence-electron chi connectivity index (χ0n) is 12.8. The Balaban J connectivity index is 1.90. The van der Waals surface area contributed by atoms with Gasteiger partial charge in [-0.25, -0.2) is 8.42 Å². The van der Waals surface area contributed by atoms with E-state index in [1.807, 2.05) is 0 Å². The Morgan fingerprint density at radius 1 is 1.29 bits per heavy atom. The maximum Gasteiger partial charge on any atom is 0.258 e. The van der Waals surface area contributed by atoms with Gasteiger partial charge in [0, 0.05) is 17.6 Å². The molecule has 1 aliphatic heterocycles. The summed E-state index contributed by atoms with van der Waals surface area (Å²) in [6, 6.07) is 4.47. The van der Waals surface area contributed by atoms with Crippen LogP contribution in [0.5, 0.6) is 0 Å². The summed E-state index contributed by atoms with van der Waals surface area (Å²) in [4.78, 5) is 12.6. The first-order valence-corrected chi connectivity index (χ1v) is 10.3. The van der Waals surface area contributed by atoms with Crippen LogP contribution in [-0.2, 0) is 10.0 Å². The molecular weight excluding hydrogens is 416 g/mol. The quantitative estimate of drug-likeness (QED) is 0.804. The number of halogens is 1. The van der Waals surface area contributed by atoms with Gasteiger partial charge in [0.1, 0.15) is 5.01 Å². The van der Waals surface area contributed by atoms with E-state index < -0.39 is 15.9 Å². The van der Waals surface area contributed by atoms with Gasteiger partial charge in [-0.15, -0.1) is 10.2 Å². The number of rotatable bonds is 4. The second kappa shape index (κ2) is 6.87. The predicted octanol–water partition coefficient (Wildman–Crippen LogP) is 2.65. The van der Waals surface area contributed by atoms with Crippen molar-refractivity contribution < 1.29 is 13.2 Å². The third-order valence-electron chi connectivity index (χ3n) is 3.63. The molecule has 2 heterocycles. The second-order valence-electron chi connectivity index (χ2n) is 5.33. The number of hydrogen-bond donors (Lipinski definition) is 1. The Hall–Kier alpha value is -1.36. The molecule has 0 unspecified atom stereocenters. The summed E-state index contributed by atoms with van der Waals surface area (Å²) in [6.45, 7) is 2.82. The number of benzene rings is 1. The van der Waals surface area contributed by atoms with Crippen molar-refractivity contribution in [1.82, 2.24) is 14.5 Å². The third-order valence-corrected chi connectivity index (χ3v) is 6.97. The molecule has 0 radical (unpaired) electrons. The molecule has 1 N–H and O–H groups in total. The van der Waals surface area contributed by atoms with Crippen molar-refractivity contribution in [3.05, 3.63) is 33.2 Å². The standard InChI is InChI=1S/C14H15BrN4O3S2/c1-9-17-18-14(23-9)16-13(20)11-8-10(4-5-12(11)15)24(21,22)19-6-2-3-7-19/h4-5,8H,2-3,6-7H2,1H3,(H,16,18,20). The molecule has 0 atom stereocenters. The predicted molar refractivity (Wildman–Crippen MR) is 94.7 cm³/mol. The molecule has 24 heavy (non-hydrogen) atoms. The molecule has 7 nitrogen and oxygen atoms in total. The van der Waals surface area contributed by atoms with Crippen LogP contribution >= 0.6 is 27.3 Å². The van der Waals surface area contributed by atoms with Gasteiger partial charge in [0.2, 0.25) is 15.2 Å². The van der Waals surface area contributed by atoms with Crippen molar-refractivity contribution in [3.8, 4) is 0 Å². The SMILES string of the molecule is Cc1nnc(NC(=O)c2cc(S(=O)(=O)N3CCCC3)ccc2Br)s1. The molecule has 128 valence electrons. The van der Waals surface area contributed by atoms with Crippen molar-refractivity contribution >= 4 is 48.3 Å². The van der Waals surface area contributed by atoms with Gasteiger partial charge in [-0.1, -0.05) is 11.3 Å². The molecule has 1 saturated heterocycles. The highest BCUT2D eigenvalue weighted by Gasteiger charge is 2.28. The van der Waals surface area contributed by atoms with Crippen LogP contribution in [-0.4, -0.2) is 41.9 Å². The van der Waals surface area contributed by atoms with Crippen LogP contribution in [0.1, 0.15) is 28.2 Å². The number of sulfonamides is 1. The minimum atomic E-state index is -3.57. The number of carbonyl (C=O) groups is 1. The van der Waals surface area contributed by atoms with Gasteiger partial charge < -0.3 is 0 Å². The molecule has 1 aromatic heterocycles. The van der Waals surface area contributed by atoms with Gasteiger partial charge in [-0.2, -0.15) is 4.31 Å². The van der Waals surface area contributed by atoms with Gasteiger partial charge in [0.25, 0.3) is 5.91 Å². The van der Waals surface area contributed by atoms with E-state index in [0.29, 0.717) is 22.7 Å². The second-order valence-corrected chi connectivity index (χ2v) is 9.31. The monoisotopic (exact) mass is 430 g/mol. The highest BCUT2D eigenvalue weighted by molar-refractivity contribution is 9.10. The first-order valence-electron chi connectivity index (χ1n) is 7.29. The molecule has 10 heteroatoms. The summed E-state index contributed by atoms with van der Waals surface area (Å²) in [6.07, 6.45) is 1.72. The highest BCUT2D eigenvalue weighted by atomic mass is 79.9. The van der Waals surface area contributed by atoms with E-state index in [1.54, 1.807) is 13.0 Å². The lowest BCUT2D eigenvalue weighted by Gasteiger charge is -2.16. The molecule has 2 aromatic rings. The van der Waals surface area contributed by atoms with Crippen LogP contribution in [0.4, 0.5) is 5.13 Å². The van der Waals surface area contributed by atoms with Crippen molar-refractivity contribution in [2.45, 2.75) is 24.7 Å². The lowest BCUT2D eigenvalue weighted by atomic mass is 10.2. The fourth-order valence-corrected chi connectivity index (χ4v) is 4.99. The number of anilines is 1. The number of aryl methyl sites for hydroxylation is 1. The van der Waals surface area contributed by atoms with Crippen LogP contribution in [0.3, 0.4) is 0 Å². The Morgan fingerprint density at radius 2 is 2.00 bits per heavy atom. The highest BCUT2D eigenvalue weighted by Crippen LogP contribution is 2.26. The van der Waals surface area contributed by atoms with Gasteiger partial charge in [0.15, 0.2) is 0 Å². The van der Waals surface area contributed by atoms with E-state index in [1.165, 1.54) is 27.8 Å². The normalized spacial score (nSPS) is 15.6. The smallest absolute Gasteiger partial charge is 0.258 e. The van der Waals surface area contributed by atoms with Gasteiger partial charge >= 0.3 is 0 Å². The van der Waals surface area contributed by atoms with Crippen molar-refractivity contribution in [3.63, 3.8) is 0 Å².